The van der Waals surface area contributed by atoms with Crippen molar-refractivity contribution in [2.45, 2.75) is 13.8 Å². The molecule has 0 aliphatic rings. The molecule has 8 nitrogen and oxygen atoms in total. The fraction of sp³-hybridized carbons (Fsp3) is 0.714. The largest absolute Gasteiger partial charge is 0.481 e. The number of carboxylic acid groups (broad SMARTS) is 2. The Morgan fingerprint density at radius 2 is 1.13 bits per heavy atom. The molecule has 0 aromatic rings. The molecule has 0 radical (unpaired) electrons. The van der Waals surface area contributed by atoms with Gasteiger partial charge in [-0.2, -0.15) is 0 Å². The number of carboxylic acids is 2. The molecule has 8 heteroatoms. The summed E-state index contributed by atoms with van der Waals surface area (Å²) >= 11 is 0. The van der Waals surface area contributed by atoms with E-state index in [9.17, 15) is 0 Å². The van der Waals surface area contributed by atoms with Gasteiger partial charge in [-0.25, -0.2) is 0 Å². The van der Waals surface area contributed by atoms with Crippen molar-refractivity contribution in [1.29, 1.82) is 0 Å². The molecule has 4 N–H and O–H groups in total. The van der Waals surface area contributed by atoms with Gasteiger partial charge in [0.05, 0.1) is 0 Å². The molecule has 0 aliphatic carbocycles. The molecule has 0 atom stereocenters. The number of aliphatic carboxylic acids is 2. The summed E-state index contributed by atoms with van der Waals surface area (Å²) in [5.74, 6) is -1.67. The lowest BCUT2D eigenvalue weighted by Crippen LogP contribution is -2.00. The molecule has 0 aromatic heterocycles. The van der Waals surface area contributed by atoms with Crippen molar-refractivity contribution in [2.24, 2.45) is 0 Å². The van der Waals surface area contributed by atoms with Crippen molar-refractivity contribution in [3.05, 3.63) is 0 Å². The third kappa shape index (κ3) is 192. The lowest BCUT2D eigenvalue weighted by molar-refractivity contribution is -0.142. The summed E-state index contributed by atoms with van der Waals surface area (Å²) in [5.41, 5.74) is 0. The fourth-order valence-corrected chi connectivity index (χ4v) is 0.133. The first-order chi connectivity index (χ1) is 6.88. The van der Waals surface area contributed by atoms with Gasteiger partial charge in [-0.3, -0.25) is 9.59 Å². The molecular formula is C7H16O8. The Morgan fingerprint density at radius 1 is 0.933 bits per heavy atom. The Hall–Kier alpha value is -1.22. The van der Waals surface area contributed by atoms with Crippen LogP contribution >= 0.6 is 0 Å². The van der Waals surface area contributed by atoms with E-state index in [1.165, 1.54) is 0 Å². The number of hydrogen-bond acceptors (Lipinski definition) is 6. The highest BCUT2D eigenvalue weighted by molar-refractivity contribution is 5.63. The zero-order valence-corrected chi connectivity index (χ0v) is 8.54. The van der Waals surface area contributed by atoms with Crippen LogP contribution in [-0.2, 0) is 19.1 Å². The van der Waals surface area contributed by atoms with Gasteiger partial charge in [0, 0.05) is 13.8 Å². The highest BCUT2D eigenvalue weighted by atomic mass is 16.7. The second-order valence-corrected chi connectivity index (χ2v) is 1.82. The molecule has 92 valence electrons. The van der Waals surface area contributed by atoms with Crippen molar-refractivity contribution >= 4 is 11.9 Å². The average molecular weight is 228 g/mol. The summed E-state index contributed by atoms with van der Waals surface area (Å²) in [6.07, 6.45) is 0. The second kappa shape index (κ2) is 18.5. The maximum atomic E-state index is 9.00. The second-order valence-electron chi connectivity index (χ2n) is 1.82. The van der Waals surface area contributed by atoms with Crippen molar-refractivity contribution in [3.63, 3.8) is 0 Å². The maximum Gasteiger partial charge on any atom is 0.300 e. The molecule has 15 heavy (non-hydrogen) atoms. The monoisotopic (exact) mass is 228 g/mol. The first-order valence-corrected chi connectivity index (χ1v) is 3.64. The number of aliphatic hydroxyl groups excluding tert-OH is 2. The average Bonchev–Trinajstić information content (AvgIpc) is 2.03. The van der Waals surface area contributed by atoms with E-state index >= 15 is 0 Å². The topological polar surface area (TPSA) is 134 Å². The Morgan fingerprint density at radius 3 is 1.27 bits per heavy atom. The summed E-state index contributed by atoms with van der Waals surface area (Å²) in [4.78, 5) is 18.0. The van der Waals surface area contributed by atoms with E-state index in [1.807, 2.05) is 0 Å². The number of aliphatic hydroxyl groups is 2. The van der Waals surface area contributed by atoms with Gasteiger partial charge in [-0.1, -0.05) is 0 Å². The molecule has 0 heterocycles. The SMILES string of the molecule is CC(=O)O.CC(=O)O.OCOCOCO. The van der Waals surface area contributed by atoms with E-state index in [1.54, 1.807) is 0 Å². The predicted octanol–water partition coefficient (Wildman–Crippen LogP) is -0.941. The van der Waals surface area contributed by atoms with Gasteiger partial charge < -0.3 is 29.9 Å². The van der Waals surface area contributed by atoms with Gasteiger partial charge in [-0.15, -0.1) is 0 Å². The van der Waals surface area contributed by atoms with Gasteiger partial charge in [0.15, 0.2) is 6.79 Å². The Kier molecular flexibility index (Phi) is 23.9. The molecule has 0 fully saturated rings. The highest BCUT2D eigenvalue weighted by Crippen LogP contribution is 1.70. The van der Waals surface area contributed by atoms with E-state index in [4.69, 9.17) is 30.0 Å². The van der Waals surface area contributed by atoms with Gasteiger partial charge >= 0.3 is 0 Å². The third-order valence-electron chi connectivity index (χ3n) is 0.349. The van der Waals surface area contributed by atoms with Gasteiger partial charge in [0.1, 0.15) is 13.6 Å². The zero-order valence-electron chi connectivity index (χ0n) is 8.54. The number of rotatable bonds is 4. The molecular weight excluding hydrogens is 212 g/mol. The van der Waals surface area contributed by atoms with Crippen LogP contribution in [0.3, 0.4) is 0 Å². The van der Waals surface area contributed by atoms with E-state index in [2.05, 4.69) is 9.47 Å². The molecule has 0 unspecified atom stereocenters. The smallest absolute Gasteiger partial charge is 0.300 e. The molecule has 0 aliphatic heterocycles. The van der Waals surface area contributed by atoms with Crippen molar-refractivity contribution in [1.82, 2.24) is 0 Å². The number of carbonyl (C=O) groups is 2. The minimum Gasteiger partial charge on any atom is -0.481 e. The molecule has 0 saturated heterocycles. The van der Waals surface area contributed by atoms with Gasteiger partial charge in [-0.05, 0) is 0 Å². The zero-order chi connectivity index (χ0) is 12.7. The van der Waals surface area contributed by atoms with Crippen molar-refractivity contribution in [3.8, 4) is 0 Å². The predicted molar refractivity (Wildman–Crippen MR) is 47.8 cm³/mol. The molecule has 0 spiro atoms. The van der Waals surface area contributed by atoms with Crippen molar-refractivity contribution < 1.29 is 39.5 Å². The molecule has 0 rings (SSSR count). The van der Waals surface area contributed by atoms with E-state index < -0.39 is 11.9 Å². The van der Waals surface area contributed by atoms with Gasteiger partial charge in [0.2, 0.25) is 0 Å². The summed E-state index contributed by atoms with van der Waals surface area (Å²) in [7, 11) is 0. The highest BCUT2D eigenvalue weighted by Gasteiger charge is 1.77. The molecule has 0 aromatic carbocycles. The first-order valence-electron chi connectivity index (χ1n) is 3.64. The Balaban J connectivity index is -0.000000155. The minimum absolute atomic E-state index is 0.0625. The summed E-state index contributed by atoms with van der Waals surface area (Å²) in [5, 5.41) is 30.7. The van der Waals surface area contributed by atoms with Crippen LogP contribution in [0, 0.1) is 0 Å². The standard InChI is InChI=1S/C3H8O4.2C2H4O2/c4-1-6-3-7-2-5;2*1-2(3)4/h4-5H,1-3H2;2*1H3,(H,3,4). The molecule has 0 bridgehead atoms. The van der Waals surface area contributed by atoms with Crippen LogP contribution < -0.4 is 0 Å². The van der Waals surface area contributed by atoms with Crippen LogP contribution in [0.5, 0.6) is 0 Å². The van der Waals surface area contributed by atoms with Crippen LogP contribution in [-0.4, -0.2) is 52.7 Å². The van der Waals surface area contributed by atoms with Crippen LogP contribution in [0.4, 0.5) is 0 Å². The third-order valence-corrected chi connectivity index (χ3v) is 0.349. The lowest BCUT2D eigenvalue weighted by atomic mass is 10.9. The first kappa shape index (κ1) is 19.4. The Bertz CT molecular complexity index is 122. The van der Waals surface area contributed by atoms with E-state index in [0.717, 1.165) is 13.8 Å². The number of ether oxygens (including phenoxy) is 2. The minimum atomic E-state index is -0.833. The lowest BCUT2D eigenvalue weighted by Gasteiger charge is -1.96. The molecule has 0 amide bonds. The van der Waals surface area contributed by atoms with Gasteiger partial charge in [0.25, 0.3) is 11.9 Å². The fourth-order valence-electron chi connectivity index (χ4n) is 0.133. The van der Waals surface area contributed by atoms with E-state index in [-0.39, 0.29) is 20.4 Å². The van der Waals surface area contributed by atoms with Crippen LogP contribution in [0.2, 0.25) is 0 Å². The summed E-state index contributed by atoms with van der Waals surface area (Å²) in [6, 6.07) is 0. The van der Waals surface area contributed by atoms with Crippen molar-refractivity contribution in [2.75, 3.05) is 20.4 Å². The van der Waals surface area contributed by atoms with Crippen LogP contribution in [0.25, 0.3) is 0 Å². The maximum absolute atomic E-state index is 9.00. The van der Waals surface area contributed by atoms with Crippen LogP contribution in [0.15, 0.2) is 0 Å². The van der Waals surface area contributed by atoms with E-state index in [0.29, 0.717) is 0 Å². The normalized spacial score (nSPS) is 7.73. The Labute approximate surface area is 86.7 Å². The quantitative estimate of drug-likeness (QED) is 0.357. The molecule has 0 saturated carbocycles. The summed E-state index contributed by atoms with van der Waals surface area (Å²) in [6.45, 7) is 1.35. The number of hydrogen-bond donors (Lipinski definition) is 4. The summed E-state index contributed by atoms with van der Waals surface area (Å²) < 4.78 is 8.49. The van der Waals surface area contributed by atoms with Crippen LogP contribution in [0.1, 0.15) is 13.8 Å².